The van der Waals surface area contributed by atoms with E-state index in [1.54, 1.807) is 6.92 Å². The SMILES string of the molecule is C[C@H](N)C(=O)NC(c1ccc(F)cc1F)C(C)(C)C. The fourth-order valence-electron chi connectivity index (χ4n) is 1.77. The molecular formula is C14H20F2N2O. The third-order valence-corrected chi connectivity index (χ3v) is 2.84. The first kappa shape index (κ1) is 15.6. The fraction of sp³-hybridized carbons (Fsp3) is 0.500. The number of hydrogen-bond acceptors (Lipinski definition) is 2. The summed E-state index contributed by atoms with van der Waals surface area (Å²) in [6.07, 6.45) is 0. The molecule has 0 fully saturated rings. The topological polar surface area (TPSA) is 55.1 Å². The molecule has 1 aromatic carbocycles. The van der Waals surface area contributed by atoms with Gasteiger partial charge in [-0.05, 0) is 18.4 Å². The van der Waals surface area contributed by atoms with E-state index in [4.69, 9.17) is 5.73 Å². The Morgan fingerprint density at radius 3 is 2.32 bits per heavy atom. The third-order valence-electron chi connectivity index (χ3n) is 2.84. The molecule has 2 atom stereocenters. The van der Waals surface area contributed by atoms with Crippen molar-refractivity contribution < 1.29 is 13.6 Å². The molecule has 3 nitrogen and oxygen atoms in total. The van der Waals surface area contributed by atoms with Crippen LogP contribution >= 0.6 is 0 Å². The molecule has 0 aliphatic rings. The lowest BCUT2D eigenvalue weighted by Gasteiger charge is -2.32. The van der Waals surface area contributed by atoms with E-state index in [1.165, 1.54) is 12.1 Å². The minimum atomic E-state index is -0.687. The summed E-state index contributed by atoms with van der Waals surface area (Å²) >= 11 is 0. The molecule has 0 spiro atoms. The Kier molecular flexibility index (Phi) is 4.63. The van der Waals surface area contributed by atoms with E-state index < -0.39 is 29.1 Å². The molecule has 1 unspecified atom stereocenters. The van der Waals surface area contributed by atoms with Crippen LogP contribution in [0.1, 0.15) is 39.3 Å². The van der Waals surface area contributed by atoms with Gasteiger partial charge >= 0.3 is 0 Å². The van der Waals surface area contributed by atoms with Gasteiger partial charge in [-0.2, -0.15) is 0 Å². The Bertz CT molecular complexity index is 467. The van der Waals surface area contributed by atoms with Crippen molar-refractivity contribution in [1.82, 2.24) is 5.32 Å². The number of hydrogen-bond donors (Lipinski definition) is 2. The summed E-state index contributed by atoms with van der Waals surface area (Å²) in [5, 5.41) is 2.71. The fourth-order valence-corrected chi connectivity index (χ4v) is 1.77. The summed E-state index contributed by atoms with van der Waals surface area (Å²) in [4.78, 5) is 11.7. The van der Waals surface area contributed by atoms with E-state index >= 15 is 0 Å². The number of amides is 1. The zero-order chi connectivity index (χ0) is 14.8. The van der Waals surface area contributed by atoms with Gasteiger partial charge in [0, 0.05) is 11.6 Å². The van der Waals surface area contributed by atoms with Crippen molar-refractivity contribution in [3.8, 4) is 0 Å². The minimum Gasteiger partial charge on any atom is -0.347 e. The molecule has 0 heterocycles. The third kappa shape index (κ3) is 3.99. The van der Waals surface area contributed by atoms with Crippen LogP contribution in [0.2, 0.25) is 0 Å². The first-order valence-corrected chi connectivity index (χ1v) is 6.14. The zero-order valence-corrected chi connectivity index (χ0v) is 11.6. The van der Waals surface area contributed by atoms with Crippen LogP contribution < -0.4 is 11.1 Å². The second-order valence-corrected chi connectivity index (χ2v) is 5.76. The number of nitrogens with one attached hydrogen (secondary N) is 1. The average molecular weight is 270 g/mol. The monoisotopic (exact) mass is 270 g/mol. The highest BCUT2D eigenvalue weighted by atomic mass is 19.1. The first-order chi connectivity index (χ1) is 8.62. The van der Waals surface area contributed by atoms with Crippen LogP contribution in [0.4, 0.5) is 8.78 Å². The summed E-state index contributed by atoms with van der Waals surface area (Å²) < 4.78 is 26.8. The Labute approximate surface area is 112 Å². The van der Waals surface area contributed by atoms with Gasteiger partial charge in [0.15, 0.2) is 0 Å². The van der Waals surface area contributed by atoms with Gasteiger partial charge in [-0.25, -0.2) is 8.78 Å². The second kappa shape index (κ2) is 5.65. The lowest BCUT2D eigenvalue weighted by atomic mass is 9.82. The van der Waals surface area contributed by atoms with E-state index in [0.717, 1.165) is 6.07 Å². The highest BCUT2D eigenvalue weighted by Crippen LogP contribution is 2.34. The minimum absolute atomic E-state index is 0.253. The predicted octanol–water partition coefficient (Wildman–Crippen LogP) is 2.52. The number of benzene rings is 1. The van der Waals surface area contributed by atoms with Gasteiger partial charge in [-0.1, -0.05) is 26.8 Å². The molecule has 0 aliphatic carbocycles. The van der Waals surface area contributed by atoms with Crippen molar-refractivity contribution in [2.45, 2.75) is 39.8 Å². The van der Waals surface area contributed by atoms with Crippen LogP contribution in [0.3, 0.4) is 0 Å². The van der Waals surface area contributed by atoms with Crippen molar-refractivity contribution >= 4 is 5.91 Å². The van der Waals surface area contributed by atoms with Crippen molar-refractivity contribution in [2.24, 2.45) is 11.1 Å². The van der Waals surface area contributed by atoms with Crippen LogP contribution in [0.25, 0.3) is 0 Å². The van der Waals surface area contributed by atoms with E-state index in [0.29, 0.717) is 0 Å². The summed E-state index contributed by atoms with van der Waals surface area (Å²) in [6.45, 7) is 7.14. The molecule has 3 N–H and O–H groups in total. The number of rotatable bonds is 3. The van der Waals surface area contributed by atoms with Gasteiger partial charge in [0.1, 0.15) is 11.6 Å². The van der Waals surface area contributed by atoms with Crippen LogP contribution in [-0.4, -0.2) is 11.9 Å². The Morgan fingerprint density at radius 2 is 1.89 bits per heavy atom. The smallest absolute Gasteiger partial charge is 0.237 e. The van der Waals surface area contributed by atoms with Gasteiger partial charge in [0.2, 0.25) is 5.91 Å². The molecule has 0 bridgehead atoms. The number of halogens is 2. The highest BCUT2D eigenvalue weighted by molar-refractivity contribution is 5.81. The average Bonchev–Trinajstić information content (AvgIpc) is 2.24. The van der Waals surface area contributed by atoms with E-state index in [1.807, 2.05) is 20.8 Å². The van der Waals surface area contributed by atoms with Crippen molar-refractivity contribution in [1.29, 1.82) is 0 Å². The molecule has 1 aromatic rings. The molecule has 0 aromatic heterocycles. The number of carbonyl (C=O) groups is 1. The normalized spacial score (nSPS) is 14.9. The maximum absolute atomic E-state index is 13.9. The molecule has 0 aliphatic heterocycles. The maximum atomic E-state index is 13.9. The molecule has 1 amide bonds. The highest BCUT2D eigenvalue weighted by Gasteiger charge is 2.30. The van der Waals surface area contributed by atoms with Gasteiger partial charge in [-0.3, -0.25) is 4.79 Å². The standard InChI is InChI=1S/C14H20F2N2O/c1-8(17)13(19)18-12(14(2,3)4)10-6-5-9(15)7-11(10)16/h5-8,12H,17H2,1-4H3,(H,18,19)/t8-,12?/m0/s1. The van der Waals surface area contributed by atoms with Crippen LogP contribution in [-0.2, 0) is 4.79 Å². The molecule has 19 heavy (non-hydrogen) atoms. The van der Waals surface area contributed by atoms with Crippen molar-refractivity contribution in [3.63, 3.8) is 0 Å². The van der Waals surface area contributed by atoms with Crippen LogP contribution in [0.5, 0.6) is 0 Å². The summed E-state index contributed by atoms with van der Waals surface area (Å²) in [5.74, 6) is -1.69. The Hall–Kier alpha value is -1.49. The van der Waals surface area contributed by atoms with Crippen molar-refractivity contribution in [3.05, 3.63) is 35.4 Å². The van der Waals surface area contributed by atoms with Gasteiger partial charge < -0.3 is 11.1 Å². The number of carbonyl (C=O) groups excluding carboxylic acids is 1. The lowest BCUT2D eigenvalue weighted by Crippen LogP contribution is -2.44. The summed E-state index contributed by atoms with van der Waals surface area (Å²) in [6, 6.07) is 2.07. The van der Waals surface area contributed by atoms with Gasteiger partial charge in [-0.15, -0.1) is 0 Å². The zero-order valence-electron chi connectivity index (χ0n) is 11.6. The molecular weight excluding hydrogens is 250 g/mol. The molecule has 106 valence electrons. The predicted molar refractivity (Wildman–Crippen MR) is 70.3 cm³/mol. The van der Waals surface area contributed by atoms with E-state index in [2.05, 4.69) is 5.32 Å². The summed E-state index contributed by atoms with van der Waals surface area (Å²) in [5.41, 5.74) is 5.33. The molecule has 1 rings (SSSR count). The van der Waals surface area contributed by atoms with E-state index in [9.17, 15) is 13.6 Å². The quantitative estimate of drug-likeness (QED) is 0.886. The van der Waals surface area contributed by atoms with Gasteiger partial charge in [0.25, 0.3) is 0 Å². The first-order valence-electron chi connectivity index (χ1n) is 6.14. The van der Waals surface area contributed by atoms with Gasteiger partial charge in [0.05, 0.1) is 12.1 Å². The van der Waals surface area contributed by atoms with E-state index in [-0.39, 0.29) is 11.5 Å². The van der Waals surface area contributed by atoms with Crippen LogP contribution in [0.15, 0.2) is 18.2 Å². The van der Waals surface area contributed by atoms with Crippen molar-refractivity contribution in [2.75, 3.05) is 0 Å². The molecule has 0 saturated carbocycles. The largest absolute Gasteiger partial charge is 0.347 e. The molecule has 5 heteroatoms. The summed E-state index contributed by atoms with van der Waals surface area (Å²) in [7, 11) is 0. The molecule has 0 saturated heterocycles. The molecule has 0 radical (unpaired) electrons. The number of nitrogens with two attached hydrogens (primary N) is 1. The second-order valence-electron chi connectivity index (χ2n) is 5.76. The Balaban J connectivity index is 3.14. The Morgan fingerprint density at radius 1 is 1.32 bits per heavy atom. The lowest BCUT2D eigenvalue weighted by molar-refractivity contribution is -0.123. The maximum Gasteiger partial charge on any atom is 0.237 e. The van der Waals surface area contributed by atoms with Crippen LogP contribution in [0, 0.1) is 17.0 Å².